The molecule has 1 saturated carbocycles. The Morgan fingerprint density at radius 3 is 2.76 bits per heavy atom. The number of fused-ring (bicyclic) bond motifs is 1. The SMILES string of the molecule is CC1(C(=O)Nc2ccc(C3CC3)cc2)CCCCN1Cc1cccc2c1OCO2. The van der Waals surface area contributed by atoms with Crippen LogP contribution in [0.3, 0.4) is 0 Å². The smallest absolute Gasteiger partial charge is 0.244 e. The number of likely N-dealkylation sites (tertiary alicyclic amines) is 1. The van der Waals surface area contributed by atoms with Crippen LogP contribution in [-0.4, -0.2) is 29.7 Å². The van der Waals surface area contributed by atoms with E-state index in [1.807, 2.05) is 24.3 Å². The third-order valence-corrected chi connectivity index (χ3v) is 6.59. The van der Waals surface area contributed by atoms with Crippen molar-refractivity contribution in [3.05, 3.63) is 53.6 Å². The molecule has 2 aromatic carbocycles. The van der Waals surface area contributed by atoms with Crippen LogP contribution in [0.1, 0.15) is 56.1 Å². The Kier molecular flexibility index (Phi) is 4.70. The number of carbonyl (C=O) groups excluding carboxylic acids is 1. The molecule has 3 aliphatic rings. The van der Waals surface area contributed by atoms with Crippen LogP contribution >= 0.6 is 0 Å². The number of nitrogens with zero attached hydrogens (tertiary/aromatic N) is 1. The van der Waals surface area contributed by atoms with E-state index < -0.39 is 5.54 Å². The van der Waals surface area contributed by atoms with Gasteiger partial charge in [0.2, 0.25) is 12.7 Å². The summed E-state index contributed by atoms with van der Waals surface area (Å²) in [6.07, 6.45) is 5.59. The average Bonchev–Trinajstić information content (AvgIpc) is 3.47. The second-order valence-electron chi connectivity index (χ2n) is 8.65. The summed E-state index contributed by atoms with van der Waals surface area (Å²) in [4.78, 5) is 15.6. The Balaban J connectivity index is 1.33. The third kappa shape index (κ3) is 3.60. The molecule has 1 atom stereocenters. The summed E-state index contributed by atoms with van der Waals surface area (Å²) in [5.41, 5.74) is 2.79. The van der Waals surface area contributed by atoms with E-state index in [1.165, 1.54) is 18.4 Å². The Hall–Kier alpha value is -2.53. The molecule has 0 radical (unpaired) electrons. The lowest BCUT2D eigenvalue weighted by Gasteiger charge is -2.43. The standard InChI is InChI=1S/C24H28N2O3/c1-24(23(27)25-20-11-9-18(10-12-20)17-7-8-17)13-2-3-14-26(24)15-19-5-4-6-21-22(19)29-16-28-21/h4-6,9-12,17H,2-3,7-8,13-16H2,1H3,(H,25,27). The van der Waals surface area contributed by atoms with Crippen molar-refractivity contribution in [3.8, 4) is 11.5 Å². The molecule has 0 aromatic heterocycles. The Bertz CT molecular complexity index is 907. The lowest BCUT2D eigenvalue weighted by molar-refractivity contribution is -0.129. The van der Waals surface area contributed by atoms with E-state index in [2.05, 4.69) is 35.3 Å². The van der Waals surface area contributed by atoms with E-state index in [-0.39, 0.29) is 12.7 Å². The second kappa shape index (κ2) is 7.38. The molecule has 1 saturated heterocycles. The number of benzene rings is 2. The van der Waals surface area contributed by atoms with Gasteiger partial charge in [0, 0.05) is 17.8 Å². The summed E-state index contributed by atoms with van der Waals surface area (Å²) in [6, 6.07) is 14.4. The predicted molar refractivity (Wildman–Crippen MR) is 112 cm³/mol. The zero-order chi connectivity index (χ0) is 19.8. The number of carbonyl (C=O) groups is 1. The van der Waals surface area contributed by atoms with Gasteiger partial charge >= 0.3 is 0 Å². The zero-order valence-electron chi connectivity index (χ0n) is 16.9. The molecule has 0 spiro atoms. The Labute approximate surface area is 172 Å². The molecule has 152 valence electrons. The molecule has 1 N–H and O–H groups in total. The van der Waals surface area contributed by atoms with E-state index >= 15 is 0 Å². The largest absolute Gasteiger partial charge is 0.454 e. The van der Waals surface area contributed by atoms with Crippen LogP contribution in [0, 0.1) is 0 Å². The van der Waals surface area contributed by atoms with Gasteiger partial charge in [-0.15, -0.1) is 0 Å². The Morgan fingerprint density at radius 1 is 1.14 bits per heavy atom. The maximum absolute atomic E-state index is 13.3. The van der Waals surface area contributed by atoms with E-state index in [0.717, 1.165) is 54.5 Å². The number of hydrogen-bond acceptors (Lipinski definition) is 4. The predicted octanol–water partition coefficient (Wildman–Crippen LogP) is 4.68. The van der Waals surface area contributed by atoms with Crippen molar-refractivity contribution in [2.75, 3.05) is 18.7 Å². The van der Waals surface area contributed by atoms with Crippen molar-refractivity contribution >= 4 is 11.6 Å². The van der Waals surface area contributed by atoms with Gasteiger partial charge < -0.3 is 14.8 Å². The molecule has 5 heteroatoms. The van der Waals surface area contributed by atoms with Crippen molar-refractivity contribution in [3.63, 3.8) is 0 Å². The van der Waals surface area contributed by atoms with Crippen LogP contribution < -0.4 is 14.8 Å². The van der Waals surface area contributed by atoms with Gasteiger partial charge in [0.25, 0.3) is 0 Å². The lowest BCUT2D eigenvalue weighted by Crippen LogP contribution is -2.56. The fourth-order valence-electron chi connectivity index (χ4n) is 4.53. The minimum absolute atomic E-state index is 0.0705. The number of nitrogens with one attached hydrogen (secondary N) is 1. The van der Waals surface area contributed by atoms with Gasteiger partial charge in [-0.1, -0.05) is 24.3 Å². The van der Waals surface area contributed by atoms with Gasteiger partial charge in [-0.05, 0) is 75.3 Å². The highest BCUT2D eigenvalue weighted by Gasteiger charge is 2.41. The maximum Gasteiger partial charge on any atom is 0.244 e. The Morgan fingerprint density at radius 2 is 1.97 bits per heavy atom. The van der Waals surface area contributed by atoms with Crippen molar-refractivity contribution in [2.24, 2.45) is 0 Å². The van der Waals surface area contributed by atoms with Gasteiger partial charge in [0.15, 0.2) is 11.5 Å². The highest BCUT2D eigenvalue weighted by atomic mass is 16.7. The number of hydrogen-bond donors (Lipinski definition) is 1. The second-order valence-corrected chi connectivity index (χ2v) is 8.65. The lowest BCUT2D eigenvalue weighted by atomic mass is 9.86. The minimum Gasteiger partial charge on any atom is -0.454 e. The minimum atomic E-state index is -0.546. The molecule has 1 amide bonds. The molecular formula is C24H28N2O3. The van der Waals surface area contributed by atoms with E-state index in [0.29, 0.717) is 6.54 Å². The van der Waals surface area contributed by atoms with Gasteiger partial charge in [-0.25, -0.2) is 0 Å². The molecule has 5 rings (SSSR count). The summed E-state index contributed by atoms with van der Waals surface area (Å²) in [7, 11) is 0. The molecule has 2 aromatic rings. The van der Waals surface area contributed by atoms with Crippen LogP contribution in [0.15, 0.2) is 42.5 Å². The first kappa shape index (κ1) is 18.5. The van der Waals surface area contributed by atoms with Gasteiger partial charge in [0.1, 0.15) is 0 Å². The molecule has 1 unspecified atom stereocenters. The molecule has 0 bridgehead atoms. The van der Waals surface area contributed by atoms with Gasteiger partial charge in [-0.3, -0.25) is 9.69 Å². The van der Waals surface area contributed by atoms with Crippen LogP contribution in [-0.2, 0) is 11.3 Å². The molecule has 2 fully saturated rings. The first-order valence-corrected chi connectivity index (χ1v) is 10.7. The van der Waals surface area contributed by atoms with Crippen LogP contribution in [0.25, 0.3) is 0 Å². The van der Waals surface area contributed by atoms with Crippen molar-refractivity contribution in [1.82, 2.24) is 4.90 Å². The molecule has 2 heterocycles. The van der Waals surface area contributed by atoms with Crippen molar-refractivity contribution < 1.29 is 14.3 Å². The van der Waals surface area contributed by atoms with Crippen LogP contribution in [0.2, 0.25) is 0 Å². The number of ether oxygens (including phenoxy) is 2. The maximum atomic E-state index is 13.3. The number of piperidine rings is 1. The zero-order valence-corrected chi connectivity index (χ0v) is 16.9. The molecule has 29 heavy (non-hydrogen) atoms. The summed E-state index contributed by atoms with van der Waals surface area (Å²) < 4.78 is 11.2. The topological polar surface area (TPSA) is 50.8 Å². The summed E-state index contributed by atoms with van der Waals surface area (Å²) >= 11 is 0. The summed E-state index contributed by atoms with van der Waals surface area (Å²) in [5.74, 6) is 2.41. The normalized spacial score (nSPS) is 23.8. The summed E-state index contributed by atoms with van der Waals surface area (Å²) in [5, 5.41) is 3.17. The molecule has 1 aliphatic carbocycles. The molecule has 2 aliphatic heterocycles. The number of amides is 1. The third-order valence-electron chi connectivity index (χ3n) is 6.59. The fraction of sp³-hybridized carbons (Fsp3) is 0.458. The van der Waals surface area contributed by atoms with Crippen LogP contribution in [0.4, 0.5) is 5.69 Å². The van der Waals surface area contributed by atoms with Gasteiger partial charge in [-0.2, -0.15) is 0 Å². The average molecular weight is 392 g/mol. The first-order valence-electron chi connectivity index (χ1n) is 10.7. The monoisotopic (exact) mass is 392 g/mol. The van der Waals surface area contributed by atoms with E-state index in [9.17, 15) is 4.79 Å². The van der Waals surface area contributed by atoms with E-state index in [1.54, 1.807) is 0 Å². The molecular weight excluding hydrogens is 364 g/mol. The quantitative estimate of drug-likeness (QED) is 0.803. The number of para-hydroxylation sites is 1. The van der Waals surface area contributed by atoms with E-state index in [4.69, 9.17) is 9.47 Å². The van der Waals surface area contributed by atoms with Crippen LogP contribution in [0.5, 0.6) is 11.5 Å². The number of rotatable bonds is 5. The number of anilines is 1. The van der Waals surface area contributed by atoms with Crippen molar-refractivity contribution in [2.45, 2.75) is 57.0 Å². The summed E-state index contributed by atoms with van der Waals surface area (Å²) in [6.45, 7) is 3.91. The highest BCUT2D eigenvalue weighted by molar-refractivity contribution is 5.97. The highest BCUT2D eigenvalue weighted by Crippen LogP contribution is 2.41. The van der Waals surface area contributed by atoms with Gasteiger partial charge in [0.05, 0.1) is 5.54 Å². The first-order chi connectivity index (χ1) is 14.1. The molecule has 5 nitrogen and oxygen atoms in total. The fourth-order valence-corrected chi connectivity index (χ4v) is 4.53. The van der Waals surface area contributed by atoms with Crippen molar-refractivity contribution in [1.29, 1.82) is 0 Å².